The predicted octanol–water partition coefficient (Wildman–Crippen LogP) is 4.96. The van der Waals surface area contributed by atoms with Gasteiger partial charge in [-0.05, 0) is 29.8 Å². The predicted molar refractivity (Wildman–Crippen MR) is 118 cm³/mol. The number of halogens is 1. The first kappa shape index (κ1) is 20.0. The minimum Gasteiger partial charge on any atom is -0.495 e. The van der Waals surface area contributed by atoms with Gasteiger partial charge in [-0.15, -0.1) is 0 Å². The molecule has 0 radical (unpaired) electrons. The molecule has 0 saturated heterocycles. The fraction of sp³-hybridized carbons (Fsp3) is 0.261. The molecule has 1 N–H and O–H groups in total. The van der Waals surface area contributed by atoms with Gasteiger partial charge in [-0.2, -0.15) is 0 Å². The van der Waals surface area contributed by atoms with E-state index >= 15 is 0 Å². The third-order valence-corrected chi connectivity index (χ3v) is 5.68. The van der Waals surface area contributed by atoms with E-state index in [9.17, 15) is 4.79 Å². The molecule has 152 valence electrons. The van der Waals surface area contributed by atoms with Gasteiger partial charge in [-0.3, -0.25) is 9.78 Å². The fourth-order valence-electron chi connectivity index (χ4n) is 3.78. The van der Waals surface area contributed by atoms with Crippen LogP contribution in [0.3, 0.4) is 0 Å². The highest BCUT2D eigenvalue weighted by Gasteiger charge is 2.24. The van der Waals surface area contributed by atoms with Gasteiger partial charge in [0, 0.05) is 55.3 Å². The van der Waals surface area contributed by atoms with Gasteiger partial charge in [0.1, 0.15) is 5.75 Å². The lowest BCUT2D eigenvalue weighted by Gasteiger charge is -2.30. The van der Waals surface area contributed by atoms with Gasteiger partial charge < -0.3 is 15.0 Å². The van der Waals surface area contributed by atoms with Crippen molar-refractivity contribution in [1.82, 2.24) is 9.88 Å². The number of hydrogen-bond donors (Lipinski definition) is 1. The zero-order chi connectivity index (χ0) is 21.3. The molecule has 0 aliphatic carbocycles. The van der Waals surface area contributed by atoms with Crippen molar-refractivity contribution in [3.63, 3.8) is 0 Å². The molecule has 1 amide bonds. The van der Waals surface area contributed by atoms with Crippen molar-refractivity contribution in [2.45, 2.75) is 26.4 Å². The Morgan fingerprint density at radius 2 is 2.17 bits per heavy atom. The van der Waals surface area contributed by atoms with Crippen molar-refractivity contribution < 1.29 is 9.53 Å². The Balaban J connectivity index is 1.77. The van der Waals surface area contributed by atoms with E-state index in [1.54, 1.807) is 20.1 Å². The molecule has 0 fully saturated rings. The Morgan fingerprint density at radius 1 is 1.33 bits per heavy atom. The number of nitrogens with one attached hydrogen (secondary N) is 1. The maximum absolute atomic E-state index is 12.0. The van der Waals surface area contributed by atoms with E-state index in [-0.39, 0.29) is 5.91 Å². The minimum atomic E-state index is 0.0449. The summed E-state index contributed by atoms with van der Waals surface area (Å²) in [7, 11) is 1.59. The SMILES string of the molecule is [C-]#[N+]c1ccc2nc3c(c(NCc4ccc(OC)c(Cl)c4)c2c1)CN(C(C)=O)CC3. The number of hydrogen-bond acceptors (Lipinski definition) is 4. The van der Waals surface area contributed by atoms with Crippen LogP contribution < -0.4 is 10.1 Å². The normalized spacial score (nSPS) is 12.9. The molecule has 0 spiro atoms. The van der Waals surface area contributed by atoms with E-state index in [4.69, 9.17) is 27.9 Å². The van der Waals surface area contributed by atoms with Crippen LogP contribution in [0.15, 0.2) is 36.4 Å². The number of amides is 1. The highest BCUT2D eigenvalue weighted by molar-refractivity contribution is 6.32. The van der Waals surface area contributed by atoms with E-state index in [1.807, 2.05) is 35.2 Å². The monoisotopic (exact) mass is 420 g/mol. The highest BCUT2D eigenvalue weighted by atomic mass is 35.5. The van der Waals surface area contributed by atoms with Crippen LogP contribution in [0.2, 0.25) is 5.02 Å². The molecule has 7 heteroatoms. The molecule has 0 saturated carbocycles. The van der Waals surface area contributed by atoms with E-state index in [0.717, 1.165) is 33.4 Å². The number of fused-ring (bicyclic) bond motifs is 2. The van der Waals surface area contributed by atoms with Gasteiger partial charge in [-0.1, -0.05) is 23.7 Å². The zero-order valence-corrected chi connectivity index (χ0v) is 17.6. The second-order valence-electron chi connectivity index (χ2n) is 7.24. The molecule has 1 aliphatic heterocycles. The minimum absolute atomic E-state index is 0.0449. The zero-order valence-electron chi connectivity index (χ0n) is 16.8. The number of carbonyl (C=O) groups is 1. The molecule has 1 aliphatic rings. The molecule has 4 rings (SSSR count). The van der Waals surface area contributed by atoms with E-state index < -0.39 is 0 Å². The van der Waals surface area contributed by atoms with Gasteiger partial charge in [0.15, 0.2) is 5.69 Å². The molecule has 3 aromatic rings. The lowest BCUT2D eigenvalue weighted by molar-refractivity contribution is -0.129. The topological polar surface area (TPSA) is 58.8 Å². The van der Waals surface area contributed by atoms with Gasteiger partial charge in [-0.25, -0.2) is 4.85 Å². The lowest BCUT2D eigenvalue weighted by atomic mass is 9.99. The Kier molecular flexibility index (Phi) is 5.47. The highest BCUT2D eigenvalue weighted by Crippen LogP contribution is 2.35. The number of benzene rings is 2. The summed E-state index contributed by atoms with van der Waals surface area (Å²) in [5.41, 5.74) is 5.31. The summed E-state index contributed by atoms with van der Waals surface area (Å²) in [5, 5.41) is 4.96. The number of rotatable bonds is 4. The number of methoxy groups -OCH3 is 1. The van der Waals surface area contributed by atoms with Crippen molar-refractivity contribution in [3.8, 4) is 5.75 Å². The summed E-state index contributed by atoms with van der Waals surface area (Å²) in [6.07, 6.45) is 0.707. The Morgan fingerprint density at radius 3 is 2.87 bits per heavy atom. The van der Waals surface area contributed by atoms with E-state index in [1.165, 1.54) is 0 Å². The molecule has 0 atom stereocenters. The summed E-state index contributed by atoms with van der Waals surface area (Å²) in [5.74, 6) is 0.675. The molecule has 0 bridgehead atoms. The average molecular weight is 421 g/mol. The Labute approximate surface area is 180 Å². The maximum Gasteiger partial charge on any atom is 0.219 e. The summed E-state index contributed by atoms with van der Waals surface area (Å²) in [6, 6.07) is 11.2. The third kappa shape index (κ3) is 3.77. The van der Waals surface area contributed by atoms with E-state index in [2.05, 4.69) is 10.2 Å². The second-order valence-corrected chi connectivity index (χ2v) is 7.65. The third-order valence-electron chi connectivity index (χ3n) is 5.38. The average Bonchev–Trinajstić information content (AvgIpc) is 2.76. The van der Waals surface area contributed by atoms with Crippen LogP contribution in [0.25, 0.3) is 15.7 Å². The molecule has 30 heavy (non-hydrogen) atoms. The Bertz CT molecular complexity index is 1190. The van der Waals surface area contributed by atoms with Crippen molar-refractivity contribution in [2.75, 3.05) is 19.0 Å². The van der Waals surface area contributed by atoms with Gasteiger partial charge in [0.2, 0.25) is 5.91 Å². The van der Waals surface area contributed by atoms with Crippen molar-refractivity contribution in [2.24, 2.45) is 0 Å². The maximum atomic E-state index is 12.0. The van der Waals surface area contributed by atoms with Gasteiger partial charge in [0.05, 0.1) is 24.2 Å². The molecule has 0 unspecified atom stereocenters. The number of aromatic nitrogens is 1. The molecule has 2 aromatic carbocycles. The summed E-state index contributed by atoms with van der Waals surface area (Å²) in [6.45, 7) is 10.7. The number of pyridine rings is 1. The number of ether oxygens (including phenoxy) is 1. The largest absolute Gasteiger partial charge is 0.495 e. The molecular weight excluding hydrogens is 400 g/mol. The fourth-order valence-corrected chi connectivity index (χ4v) is 4.06. The van der Waals surface area contributed by atoms with Crippen LogP contribution in [0, 0.1) is 6.57 Å². The quantitative estimate of drug-likeness (QED) is 0.606. The first-order valence-electron chi connectivity index (χ1n) is 9.65. The smallest absolute Gasteiger partial charge is 0.219 e. The first-order chi connectivity index (χ1) is 14.5. The molecule has 2 heterocycles. The molecule has 6 nitrogen and oxygen atoms in total. The molecule has 1 aromatic heterocycles. The van der Waals surface area contributed by atoms with Crippen LogP contribution >= 0.6 is 11.6 Å². The van der Waals surface area contributed by atoms with Gasteiger partial charge >= 0.3 is 0 Å². The summed E-state index contributed by atoms with van der Waals surface area (Å²) in [4.78, 5) is 22.2. The van der Waals surface area contributed by atoms with Crippen LogP contribution in [0.1, 0.15) is 23.7 Å². The van der Waals surface area contributed by atoms with Crippen LogP contribution in [-0.4, -0.2) is 29.4 Å². The summed E-state index contributed by atoms with van der Waals surface area (Å²) >= 11 is 6.28. The number of anilines is 1. The van der Waals surface area contributed by atoms with Gasteiger partial charge in [0.25, 0.3) is 0 Å². The second kappa shape index (κ2) is 8.21. The summed E-state index contributed by atoms with van der Waals surface area (Å²) < 4.78 is 5.23. The van der Waals surface area contributed by atoms with Crippen LogP contribution in [-0.2, 0) is 24.3 Å². The van der Waals surface area contributed by atoms with Crippen molar-refractivity contribution >= 4 is 39.8 Å². The molecular formula is C23H21ClN4O2. The van der Waals surface area contributed by atoms with E-state index in [0.29, 0.717) is 42.5 Å². The number of carbonyl (C=O) groups excluding carboxylic acids is 1. The van der Waals surface area contributed by atoms with Crippen LogP contribution in [0.4, 0.5) is 11.4 Å². The van der Waals surface area contributed by atoms with Crippen LogP contribution in [0.5, 0.6) is 5.75 Å². The first-order valence-corrected chi connectivity index (χ1v) is 10.0. The lowest BCUT2D eigenvalue weighted by Crippen LogP contribution is -2.35. The number of nitrogens with zero attached hydrogens (tertiary/aromatic N) is 3. The Hall–Kier alpha value is -3.30. The van der Waals surface area contributed by atoms with Crippen molar-refractivity contribution in [3.05, 3.63) is 69.7 Å². The van der Waals surface area contributed by atoms with Crippen molar-refractivity contribution in [1.29, 1.82) is 0 Å². The standard InChI is InChI=1S/C23H21ClN4O2/c1-14(29)28-9-8-21-18(13-28)23(17-11-16(25-2)5-6-20(17)27-21)26-12-15-4-7-22(30-3)19(24)10-15/h4-7,10-11H,8-9,12-13H2,1,3H3,(H,26,27).